The van der Waals surface area contributed by atoms with Crippen LogP contribution in [0.5, 0.6) is 11.5 Å². The molecular formula is C14H9BrFNO4. The van der Waals surface area contributed by atoms with Crippen molar-refractivity contribution >= 4 is 27.9 Å². The van der Waals surface area contributed by atoms with Crippen molar-refractivity contribution in [3.05, 3.63) is 61.9 Å². The van der Waals surface area contributed by atoms with Crippen LogP contribution in [-0.2, 0) is 0 Å². The minimum Gasteiger partial charge on any atom is -0.453 e. The lowest BCUT2D eigenvalue weighted by Gasteiger charge is -2.10. The maximum atomic E-state index is 13.9. The number of ether oxygens (including phenoxy) is 1. The van der Waals surface area contributed by atoms with Gasteiger partial charge in [0, 0.05) is 11.1 Å². The average Bonchev–Trinajstić information content (AvgIpc) is 2.44. The van der Waals surface area contributed by atoms with Gasteiger partial charge in [0.05, 0.1) is 15.5 Å². The second-order valence-electron chi connectivity index (χ2n) is 4.24. The van der Waals surface area contributed by atoms with Gasteiger partial charge in [-0.15, -0.1) is 0 Å². The molecule has 108 valence electrons. The zero-order valence-corrected chi connectivity index (χ0v) is 12.4. The Morgan fingerprint density at radius 1 is 1.29 bits per heavy atom. The molecule has 0 saturated heterocycles. The first-order chi connectivity index (χ1) is 9.92. The highest BCUT2D eigenvalue weighted by atomic mass is 79.9. The van der Waals surface area contributed by atoms with Crippen LogP contribution in [0.3, 0.4) is 0 Å². The summed E-state index contributed by atoms with van der Waals surface area (Å²) in [5, 5.41) is 10.7. The number of hydrogen-bond donors (Lipinski definition) is 0. The average molecular weight is 354 g/mol. The minimum atomic E-state index is -0.835. The molecule has 2 rings (SSSR count). The number of benzene rings is 2. The maximum absolute atomic E-state index is 13.9. The summed E-state index contributed by atoms with van der Waals surface area (Å²) in [4.78, 5) is 20.7. The van der Waals surface area contributed by atoms with Crippen molar-refractivity contribution < 1.29 is 18.8 Å². The Hall–Kier alpha value is -2.28. The molecule has 0 fully saturated rings. The Labute approximate surface area is 127 Å². The number of aryl methyl sites for hydroxylation is 1. The Bertz CT molecular complexity index is 733. The van der Waals surface area contributed by atoms with Gasteiger partial charge in [-0.05, 0) is 47.1 Å². The summed E-state index contributed by atoms with van der Waals surface area (Å²) in [5.41, 5.74) is 0.418. The van der Waals surface area contributed by atoms with E-state index in [9.17, 15) is 19.3 Å². The molecule has 2 aromatic carbocycles. The number of aldehydes is 1. The van der Waals surface area contributed by atoms with E-state index in [2.05, 4.69) is 15.9 Å². The number of nitro groups is 1. The van der Waals surface area contributed by atoms with Gasteiger partial charge in [0.2, 0.25) is 0 Å². The van der Waals surface area contributed by atoms with Crippen molar-refractivity contribution in [3.8, 4) is 11.5 Å². The Morgan fingerprint density at radius 3 is 2.57 bits per heavy atom. The van der Waals surface area contributed by atoms with E-state index in [1.807, 2.05) is 0 Å². The second kappa shape index (κ2) is 6.01. The zero-order chi connectivity index (χ0) is 15.6. The number of rotatable bonds is 4. The molecule has 0 spiro atoms. The molecule has 2 aromatic rings. The fraction of sp³-hybridized carbons (Fsp3) is 0.0714. The van der Waals surface area contributed by atoms with Crippen molar-refractivity contribution in [1.29, 1.82) is 0 Å². The fourth-order valence-corrected chi connectivity index (χ4v) is 2.19. The van der Waals surface area contributed by atoms with Crippen molar-refractivity contribution in [2.75, 3.05) is 0 Å². The molecule has 0 saturated carbocycles. The van der Waals surface area contributed by atoms with Crippen molar-refractivity contribution in [2.24, 2.45) is 0 Å². The Morgan fingerprint density at radius 2 is 2.00 bits per heavy atom. The van der Waals surface area contributed by atoms with E-state index < -0.39 is 10.7 Å². The lowest BCUT2D eigenvalue weighted by Crippen LogP contribution is -1.96. The molecule has 0 atom stereocenters. The number of carbonyl (C=O) groups is 1. The molecule has 0 aliphatic rings. The van der Waals surface area contributed by atoms with Gasteiger partial charge in [-0.2, -0.15) is 0 Å². The molecule has 0 unspecified atom stereocenters. The van der Waals surface area contributed by atoms with Crippen LogP contribution in [0.4, 0.5) is 10.1 Å². The summed E-state index contributed by atoms with van der Waals surface area (Å²) in [7, 11) is 0. The second-order valence-corrected chi connectivity index (χ2v) is 5.09. The largest absolute Gasteiger partial charge is 0.453 e. The lowest BCUT2D eigenvalue weighted by molar-refractivity contribution is -0.385. The standard InChI is InChI=1S/C14H9BrFNO4/c1-8-4-14(11(16)6-12(8)17(19)20)21-13-3-2-9(7-18)5-10(13)15/h2-7H,1H3. The topological polar surface area (TPSA) is 69.4 Å². The molecule has 0 heterocycles. The number of halogens is 2. The van der Waals surface area contributed by atoms with E-state index in [0.717, 1.165) is 6.07 Å². The minimum absolute atomic E-state index is 0.127. The fourth-order valence-electron chi connectivity index (χ4n) is 1.71. The van der Waals surface area contributed by atoms with Crippen molar-refractivity contribution in [1.82, 2.24) is 0 Å². The molecule has 0 radical (unpaired) electrons. The molecular weight excluding hydrogens is 345 g/mol. The highest BCUT2D eigenvalue weighted by Crippen LogP contribution is 2.34. The Kier molecular flexibility index (Phi) is 4.32. The first kappa shape index (κ1) is 15.1. The first-order valence-corrected chi connectivity index (χ1v) is 6.59. The van der Waals surface area contributed by atoms with Gasteiger partial charge in [0.25, 0.3) is 5.69 Å². The predicted octanol–water partition coefficient (Wildman–Crippen LogP) is 4.41. The molecule has 0 bridgehead atoms. The van der Waals surface area contributed by atoms with E-state index >= 15 is 0 Å². The highest BCUT2D eigenvalue weighted by molar-refractivity contribution is 9.10. The number of hydrogen-bond acceptors (Lipinski definition) is 4. The van der Waals surface area contributed by atoms with Gasteiger partial charge in [0.15, 0.2) is 11.6 Å². The van der Waals surface area contributed by atoms with Crippen LogP contribution in [0.1, 0.15) is 15.9 Å². The summed E-state index contributed by atoms with van der Waals surface area (Å²) in [6.07, 6.45) is 0.672. The number of nitrogens with zero attached hydrogens (tertiary/aromatic N) is 1. The van der Waals surface area contributed by atoms with Gasteiger partial charge in [-0.1, -0.05) is 0 Å². The van der Waals surface area contributed by atoms with Crippen molar-refractivity contribution in [3.63, 3.8) is 0 Å². The quantitative estimate of drug-likeness (QED) is 0.463. The van der Waals surface area contributed by atoms with Gasteiger partial charge >= 0.3 is 0 Å². The van der Waals surface area contributed by atoms with Crippen LogP contribution >= 0.6 is 15.9 Å². The van der Waals surface area contributed by atoms with Crippen molar-refractivity contribution in [2.45, 2.75) is 6.92 Å². The number of nitro benzene ring substituents is 1. The first-order valence-electron chi connectivity index (χ1n) is 5.79. The normalized spacial score (nSPS) is 10.2. The third-order valence-corrected chi connectivity index (χ3v) is 3.38. The molecule has 0 aliphatic heterocycles. The summed E-state index contributed by atoms with van der Waals surface area (Å²) in [5.74, 6) is -0.663. The van der Waals surface area contributed by atoms with Gasteiger partial charge in [0.1, 0.15) is 12.0 Å². The SMILES string of the molecule is Cc1cc(Oc2ccc(C=O)cc2Br)c(F)cc1[N+](=O)[O-]. The van der Waals surface area contributed by atoms with Gasteiger partial charge < -0.3 is 4.74 Å². The monoisotopic (exact) mass is 353 g/mol. The molecule has 0 amide bonds. The van der Waals surface area contributed by atoms with E-state index in [-0.39, 0.29) is 17.0 Å². The molecule has 5 nitrogen and oxygen atoms in total. The maximum Gasteiger partial charge on any atom is 0.275 e. The molecule has 0 aliphatic carbocycles. The van der Waals surface area contributed by atoms with Gasteiger partial charge in [-0.25, -0.2) is 4.39 Å². The zero-order valence-electron chi connectivity index (χ0n) is 10.8. The molecule has 21 heavy (non-hydrogen) atoms. The van der Waals surface area contributed by atoms with E-state index in [4.69, 9.17) is 4.74 Å². The van der Waals surface area contributed by atoms with E-state index in [1.54, 1.807) is 0 Å². The summed E-state index contributed by atoms with van der Waals surface area (Å²) >= 11 is 3.21. The van der Waals surface area contributed by atoms with Crippen LogP contribution in [0, 0.1) is 22.9 Å². The number of carbonyl (C=O) groups excluding carboxylic acids is 1. The van der Waals surface area contributed by atoms with Crippen LogP contribution < -0.4 is 4.74 Å². The summed E-state index contributed by atoms with van der Waals surface area (Å²) < 4.78 is 19.7. The third-order valence-electron chi connectivity index (χ3n) is 2.76. The molecule has 0 aromatic heterocycles. The molecule has 0 N–H and O–H groups in total. The summed E-state index contributed by atoms with van der Waals surface area (Å²) in [6.45, 7) is 1.50. The summed E-state index contributed by atoms with van der Waals surface area (Å²) in [6, 6.07) is 6.62. The molecule has 7 heteroatoms. The highest BCUT2D eigenvalue weighted by Gasteiger charge is 2.17. The van der Waals surface area contributed by atoms with Crippen LogP contribution in [0.15, 0.2) is 34.8 Å². The smallest absolute Gasteiger partial charge is 0.275 e. The third kappa shape index (κ3) is 3.25. The van der Waals surface area contributed by atoms with Crippen LogP contribution in [0.25, 0.3) is 0 Å². The van der Waals surface area contributed by atoms with E-state index in [0.29, 0.717) is 22.1 Å². The van der Waals surface area contributed by atoms with E-state index in [1.165, 1.54) is 31.2 Å². The predicted molar refractivity (Wildman–Crippen MR) is 77.4 cm³/mol. The van der Waals surface area contributed by atoms with Crippen LogP contribution in [-0.4, -0.2) is 11.2 Å². The Balaban J connectivity index is 2.38. The van der Waals surface area contributed by atoms with Gasteiger partial charge in [-0.3, -0.25) is 14.9 Å². The van der Waals surface area contributed by atoms with Crippen LogP contribution in [0.2, 0.25) is 0 Å². The lowest BCUT2D eigenvalue weighted by atomic mass is 10.2.